The lowest BCUT2D eigenvalue weighted by atomic mass is 10.0. The first-order chi connectivity index (χ1) is 14.9. The van der Waals surface area contributed by atoms with Crippen molar-refractivity contribution in [1.82, 2.24) is 9.62 Å². The Morgan fingerprint density at radius 1 is 1.39 bits per heavy atom. The van der Waals surface area contributed by atoms with Crippen LogP contribution in [0.5, 0.6) is 0 Å². The number of nitrogens with zero attached hydrogens (tertiary/aromatic N) is 1. The number of ether oxygens (including phenoxy) is 2. The molecule has 168 valence electrons. The highest BCUT2D eigenvalue weighted by molar-refractivity contribution is 7.91. The van der Waals surface area contributed by atoms with Gasteiger partial charge in [0.15, 0.2) is 0 Å². The van der Waals surface area contributed by atoms with Crippen molar-refractivity contribution in [2.24, 2.45) is 0 Å². The Morgan fingerprint density at radius 2 is 2.19 bits per heavy atom. The van der Waals surface area contributed by atoms with Crippen molar-refractivity contribution in [2.75, 3.05) is 26.8 Å². The van der Waals surface area contributed by atoms with Crippen molar-refractivity contribution in [1.29, 1.82) is 0 Å². The molecule has 2 aromatic rings. The number of nitrogens with one attached hydrogen (secondary N) is 1. The number of rotatable bonds is 7. The molecule has 31 heavy (non-hydrogen) atoms. The molecule has 10 heteroatoms. The van der Waals surface area contributed by atoms with Crippen LogP contribution in [0.1, 0.15) is 39.2 Å². The van der Waals surface area contributed by atoms with E-state index in [2.05, 4.69) is 9.62 Å². The van der Waals surface area contributed by atoms with Gasteiger partial charge in [0.25, 0.3) is 10.0 Å². The number of fused-ring (bicyclic) bond motifs is 1. The Kier molecular flexibility index (Phi) is 6.73. The van der Waals surface area contributed by atoms with E-state index < -0.39 is 16.0 Å². The molecule has 1 saturated heterocycles. The van der Waals surface area contributed by atoms with E-state index in [1.165, 1.54) is 13.2 Å². The average Bonchev–Trinajstić information content (AvgIpc) is 3.41. The molecule has 7 nitrogen and oxygen atoms in total. The first kappa shape index (κ1) is 22.3. The van der Waals surface area contributed by atoms with Gasteiger partial charge in [-0.1, -0.05) is 18.2 Å². The maximum atomic E-state index is 14.0. The smallest absolute Gasteiger partial charge is 0.340 e. The normalized spacial score (nSPS) is 19.4. The molecule has 0 amide bonds. The summed E-state index contributed by atoms with van der Waals surface area (Å²) in [6, 6.07) is 6.61. The number of hydrogen-bond donors (Lipinski definition) is 1. The van der Waals surface area contributed by atoms with Gasteiger partial charge >= 0.3 is 5.97 Å². The van der Waals surface area contributed by atoms with Crippen molar-refractivity contribution < 1.29 is 27.1 Å². The third-order valence-electron chi connectivity index (χ3n) is 5.61. The highest BCUT2D eigenvalue weighted by atomic mass is 32.2. The van der Waals surface area contributed by atoms with Gasteiger partial charge in [-0.25, -0.2) is 22.3 Å². The maximum Gasteiger partial charge on any atom is 0.340 e. The molecule has 0 spiro atoms. The van der Waals surface area contributed by atoms with E-state index in [9.17, 15) is 17.6 Å². The fourth-order valence-electron chi connectivity index (χ4n) is 4.01. The average molecular weight is 469 g/mol. The van der Waals surface area contributed by atoms with E-state index >= 15 is 0 Å². The zero-order valence-electron chi connectivity index (χ0n) is 17.2. The topological polar surface area (TPSA) is 84.9 Å². The molecule has 0 bridgehead atoms. The lowest BCUT2D eigenvalue weighted by molar-refractivity contribution is 0.0595. The van der Waals surface area contributed by atoms with Gasteiger partial charge in [0.1, 0.15) is 10.0 Å². The number of benzene rings is 1. The Bertz CT molecular complexity index is 1060. The summed E-state index contributed by atoms with van der Waals surface area (Å²) < 4.78 is 53.1. The van der Waals surface area contributed by atoms with Crippen molar-refractivity contribution in [3.63, 3.8) is 0 Å². The third-order valence-corrected chi connectivity index (χ3v) is 8.77. The lowest BCUT2D eigenvalue weighted by Gasteiger charge is -2.27. The molecule has 4 rings (SSSR count). The molecule has 0 radical (unpaired) electrons. The largest absolute Gasteiger partial charge is 0.465 e. The SMILES string of the molecule is COC(=O)c1c(S(=O)(=O)NCC2CCCO2)sc2c1CCN(Cc1ccccc1F)C2. The fourth-order valence-corrected chi connectivity index (χ4v) is 7.04. The predicted molar refractivity (Wildman–Crippen MR) is 114 cm³/mol. The monoisotopic (exact) mass is 468 g/mol. The van der Waals surface area contributed by atoms with E-state index in [1.807, 2.05) is 0 Å². The van der Waals surface area contributed by atoms with Crippen LogP contribution >= 0.6 is 11.3 Å². The summed E-state index contributed by atoms with van der Waals surface area (Å²) in [4.78, 5) is 15.3. The first-order valence-corrected chi connectivity index (χ1v) is 12.5. The standard InChI is InChI=1S/C21H25FN2O5S2/c1-28-20(25)19-16-8-9-24(12-14-5-2-3-7-17(14)22)13-18(16)30-21(19)31(26,27)23-11-15-6-4-10-29-15/h2-3,5,7,15,23H,4,6,8-13H2,1H3. The molecule has 0 aliphatic carbocycles. The Morgan fingerprint density at radius 3 is 2.90 bits per heavy atom. The molecule has 1 aromatic heterocycles. The van der Waals surface area contributed by atoms with Crippen LogP contribution in [-0.4, -0.2) is 52.2 Å². The zero-order chi connectivity index (χ0) is 22.0. The third kappa shape index (κ3) is 4.83. The molecule has 2 aliphatic rings. The second-order valence-corrected chi connectivity index (χ2v) is 10.8. The van der Waals surface area contributed by atoms with Crippen molar-refractivity contribution in [3.8, 4) is 0 Å². The molecular weight excluding hydrogens is 443 g/mol. The minimum absolute atomic E-state index is 0.0184. The molecule has 2 aliphatic heterocycles. The Labute approximate surface area is 185 Å². The van der Waals surface area contributed by atoms with Crippen molar-refractivity contribution >= 4 is 27.3 Å². The highest BCUT2D eigenvalue weighted by Crippen LogP contribution is 2.37. The van der Waals surface area contributed by atoms with E-state index in [-0.39, 0.29) is 28.2 Å². The number of sulfonamides is 1. The Hall–Kier alpha value is -1.85. The summed E-state index contributed by atoms with van der Waals surface area (Å²) in [5.41, 5.74) is 1.41. The summed E-state index contributed by atoms with van der Waals surface area (Å²) in [5, 5.41) is 0. The minimum atomic E-state index is -3.90. The van der Waals surface area contributed by atoms with Crippen LogP contribution < -0.4 is 4.72 Å². The number of hydrogen-bond acceptors (Lipinski definition) is 7. The van der Waals surface area contributed by atoms with Gasteiger partial charge in [0.2, 0.25) is 0 Å². The van der Waals surface area contributed by atoms with Crippen LogP contribution in [0, 0.1) is 5.82 Å². The highest BCUT2D eigenvalue weighted by Gasteiger charge is 2.34. The van der Waals surface area contributed by atoms with Crippen LogP contribution in [0.3, 0.4) is 0 Å². The van der Waals surface area contributed by atoms with Gasteiger partial charge in [0.05, 0.1) is 18.8 Å². The maximum absolute atomic E-state index is 14.0. The van der Waals surface area contributed by atoms with Gasteiger partial charge in [-0.05, 0) is 30.9 Å². The number of esters is 1. The van der Waals surface area contributed by atoms with Crippen LogP contribution in [0.2, 0.25) is 0 Å². The number of carbonyl (C=O) groups is 1. The van der Waals surface area contributed by atoms with Gasteiger partial charge < -0.3 is 9.47 Å². The van der Waals surface area contributed by atoms with Crippen LogP contribution in [-0.2, 0) is 39.0 Å². The van der Waals surface area contributed by atoms with E-state index in [0.717, 1.165) is 29.1 Å². The second-order valence-electron chi connectivity index (χ2n) is 7.70. The number of carbonyl (C=O) groups excluding carboxylic acids is 1. The molecular formula is C21H25FN2O5S2. The minimum Gasteiger partial charge on any atom is -0.465 e. The van der Waals surface area contributed by atoms with E-state index in [0.29, 0.717) is 43.8 Å². The predicted octanol–water partition coefficient (Wildman–Crippen LogP) is 2.69. The number of halogens is 1. The van der Waals surface area contributed by atoms with Gasteiger partial charge in [0, 0.05) is 43.2 Å². The molecule has 1 fully saturated rings. The van der Waals surface area contributed by atoms with Gasteiger partial charge in [-0.3, -0.25) is 4.90 Å². The quantitative estimate of drug-likeness (QED) is 0.629. The number of methoxy groups -OCH3 is 1. The van der Waals surface area contributed by atoms with Crippen molar-refractivity contribution in [3.05, 3.63) is 51.7 Å². The Balaban J connectivity index is 1.58. The summed E-state index contributed by atoms with van der Waals surface area (Å²) in [6.45, 7) is 2.25. The second kappa shape index (κ2) is 9.33. The molecule has 1 unspecified atom stereocenters. The summed E-state index contributed by atoms with van der Waals surface area (Å²) in [6.07, 6.45) is 2.05. The summed E-state index contributed by atoms with van der Waals surface area (Å²) >= 11 is 1.09. The van der Waals surface area contributed by atoms with Crippen LogP contribution in [0.25, 0.3) is 0 Å². The van der Waals surface area contributed by atoms with E-state index in [4.69, 9.17) is 9.47 Å². The lowest BCUT2D eigenvalue weighted by Crippen LogP contribution is -2.32. The summed E-state index contributed by atoms with van der Waals surface area (Å²) in [7, 11) is -2.66. The van der Waals surface area contributed by atoms with Crippen LogP contribution in [0.15, 0.2) is 28.5 Å². The van der Waals surface area contributed by atoms with Crippen molar-refractivity contribution in [2.45, 2.75) is 42.7 Å². The molecule has 1 atom stereocenters. The first-order valence-electron chi connectivity index (χ1n) is 10.2. The summed E-state index contributed by atoms with van der Waals surface area (Å²) in [5.74, 6) is -0.922. The van der Waals surface area contributed by atoms with Gasteiger partial charge in [-0.2, -0.15) is 0 Å². The fraction of sp³-hybridized carbons (Fsp3) is 0.476. The molecule has 1 N–H and O–H groups in total. The molecule has 1 aromatic carbocycles. The number of thiophene rings is 1. The molecule has 0 saturated carbocycles. The molecule has 3 heterocycles. The van der Waals surface area contributed by atoms with Gasteiger partial charge in [-0.15, -0.1) is 11.3 Å². The van der Waals surface area contributed by atoms with E-state index in [1.54, 1.807) is 18.2 Å². The van der Waals surface area contributed by atoms with Crippen LogP contribution in [0.4, 0.5) is 4.39 Å². The zero-order valence-corrected chi connectivity index (χ0v) is 18.9.